The number of benzene rings is 1. The van der Waals surface area contributed by atoms with Crippen molar-refractivity contribution in [2.75, 3.05) is 26.2 Å². The third-order valence-electron chi connectivity index (χ3n) is 3.75. The number of carbonyl (C=O) groups excluding carboxylic acids is 2. The molecule has 114 valence electrons. The van der Waals surface area contributed by atoms with Gasteiger partial charge in [-0.15, -0.1) is 0 Å². The van der Waals surface area contributed by atoms with Gasteiger partial charge in [0.05, 0.1) is 0 Å². The van der Waals surface area contributed by atoms with Crippen LogP contribution < -0.4 is 0 Å². The van der Waals surface area contributed by atoms with Crippen molar-refractivity contribution in [3.63, 3.8) is 0 Å². The summed E-state index contributed by atoms with van der Waals surface area (Å²) in [5, 5.41) is 0. The predicted molar refractivity (Wildman–Crippen MR) is 86.2 cm³/mol. The zero-order valence-corrected chi connectivity index (χ0v) is 13.9. The molecule has 2 rings (SSSR count). The maximum Gasteiger partial charge on any atom is 0.253 e. The Morgan fingerprint density at radius 1 is 1.05 bits per heavy atom. The molecule has 1 saturated heterocycles. The summed E-state index contributed by atoms with van der Waals surface area (Å²) < 4.78 is 0.963. The normalized spacial score (nSPS) is 15.1. The van der Waals surface area contributed by atoms with Crippen molar-refractivity contribution >= 4 is 27.7 Å². The number of rotatable bonds is 4. The van der Waals surface area contributed by atoms with Gasteiger partial charge in [-0.25, -0.2) is 0 Å². The van der Waals surface area contributed by atoms with Gasteiger partial charge < -0.3 is 9.80 Å². The Hall–Kier alpha value is -1.36. The van der Waals surface area contributed by atoms with E-state index in [1.165, 1.54) is 0 Å². The van der Waals surface area contributed by atoms with Crippen LogP contribution in [-0.2, 0) is 4.79 Å². The summed E-state index contributed by atoms with van der Waals surface area (Å²) in [6.45, 7) is 4.61. The topological polar surface area (TPSA) is 40.6 Å². The third kappa shape index (κ3) is 4.30. The molecule has 0 unspecified atom stereocenters. The van der Waals surface area contributed by atoms with Gasteiger partial charge >= 0.3 is 0 Å². The van der Waals surface area contributed by atoms with Gasteiger partial charge in [0.15, 0.2) is 0 Å². The fourth-order valence-corrected chi connectivity index (χ4v) is 2.68. The molecule has 0 aromatic heterocycles. The number of unbranched alkanes of at least 4 members (excludes halogenated alkanes) is 1. The molecule has 21 heavy (non-hydrogen) atoms. The number of hydrogen-bond acceptors (Lipinski definition) is 2. The molecular formula is C16H21BrN2O2. The molecule has 4 nitrogen and oxygen atoms in total. The molecule has 1 heterocycles. The van der Waals surface area contributed by atoms with E-state index in [4.69, 9.17) is 0 Å². The van der Waals surface area contributed by atoms with Crippen molar-refractivity contribution in [2.45, 2.75) is 26.2 Å². The number of amides is 2. The smallest absolute Gasteiger partial charge is 0.253 e. The monoisotopic (exact) mass is 352 g/mol. The van der Waals surface area contributed by atoms with E-state index in [-0.39, 0.29) is 11.8 Å². The largest absolute Gasteiger partial charge is 0.339 e. The fourth-order valence-electron chi connectivity index (χ4n) is 2.42. The first-order chi connectivity index (χ1) is 10.1. The lowest BCUT2D eigenvalue weighted by Crippen LogP contribution is -2.50. The minimum Gasteiger partial charge on any atom is -0.339 e. The van der Waals surface area contributed by atoms with Gasteiger partial charge in [-0.3, -0.25) is 9.59 Å². The third-order valence-corrected chi connectivity index (χ3v) is 4.28. The van der Waals surface area contributed by atoms with E-state index in [0.29, 0.717) is 38.2 Å². The lowest BCUT2D eigenvalue weighted by Gasteiger charge is -2.35. The van der Waals surface area contributed by atoms with Gasteiger partial charge in [0.1, 0.15) is 0 Å². The molecule has 0 radical (unpaired) electrons. The number of hydrogen-bond donors (Lipinski definition) is 0. The van der Waals surface area contributed by atoms with Crippen LogP contribution in [0.2, 0.25) is 0 Å². The zero-order valence-electron chi connectivity index (χ0n) is 12.3. The van der Waals surface area contributed by atoms with Crippen LogP contribution in [0, 0.1) is 0 Å². The Balaban J connectivity index is 1.87. The van der Waals surface area contributed by atoms with Crippen molar-refractivity contribution < 1.29 is 9.59 Å². The van der Waals surface area contributed by atoms with Crippen LogP contribution in [0.4, 0.5) is 0 Å². The Labute approximate surface area is 134 Å². The first-order valence-corrected chi connectivity index (χ1v) is 8.23. The lowest BCUT2D eigenvalue weighted by atomic mass is 10.1. The highest BCUT2D eigenvalue weighted by Crippen LogP contribution is 2.14. The van der Waals surface area contributed by atoms with Gasteiger partial charge in [-0.1, -0.05) is 29.3 Å². The van der Waals surface area contributed by atoms with Crippen LogP contribution >= 0.6 is 15.9 Å². The average Bonchev–Trinajstić information content (AvgIpc) is 2.53. The standard InChI is InChI=1S/C16H21BrN2O2/c1-2-3-4-15(20)18-9-11-19(12-10-18)16(21)13-5-7-14(17)8-6-13/h5-8H,2-4,9-12H2,1H3. The predicted octanol–water partition coefficient (Wildman–Crippen LogP) is 2.92. The number of nitrogens with zero attached hydrogens (tertiary/aromatic N) is 2. The quantitative estimate of drug-likeness (QED) is 0.835. The summed E-state index contributed by atoms with van der Waals surface area (Å²) in [5.41, 5.74) is 0.698. The van der Waals surface area contributed by atoms with E-state index < -0.39 is 0 Å². The molecule has 0 bridgehead atoms. The summed E-state index contributed by atoms with van der Waals surface area (Å²) >= 11 is 3.37. The van der Waals surface area contributed by atoms with E-state index in [2.05, 4.69) is 22.9 Å². The van der Waals surface area contributed by atoms with Crippen molar-refractivity contribution in [1.29, 1.82) is 0 Å². The van der Waals surface area contributed by atoms with Gasteiger partial charge in [-0.2, -0.15) is 0 Å². The summed E-state index contributed by atoms with van der Waals surface area (Å²) in [5.74, 6) is 0.260. The second-order valence-corrected chi connectivity index (χ2v) is 6.20. The van der Waals surface area contributed by atoms with Crippen molar-refractivity contribution in [3.05, 3.63) is 34.3 Å². The van der Waals surface area contributed by atoms with E-state index in [0.717, 1.165) is 17.3 Å². The van der Waals surface area contributed by atoms with E-state index in [9.17, 15) is 9.59 Å². The average molecular weight is 353 g/mol. The van der Waals surface area contributed by atoms with E-state index in [1.807, 2.05) is 34.1 Å². The maximum absolute atomic E-state index is 12.4. The van der Waals surface area contributed by atoms with Gasteiger partial charge in [0.25, 0.3) is 5.91 Å². The van der Waals surface area contributed by atoms with Crippen molar-refractivity contribution in [1.82, 2.24) is 9.80 Å². The molecule has 0 aliphatic carbocycles. The summed E-state index contributed by atoms with van der Waals surface area (Å²) in [7, 11) is 0. The Bertz CT molecular complexity index is 494. The highest BCUT2D eigenvalue weighted by Gasteiger charge is 2.24. The van der Waals surface area contributed by atoms with Crippen LogP contribution in [-0.4, -0.2) is 47.8 Å². The van der Waals surface area contributed by atoms with Gasteiger partial charge in [-0.05, 0) is 30.7 Å². The molecule has 0 atom stereocenters. The molecular weight excluding hydrogens is 332 g/mol. The molecule has 1 aliphatic heterocycles. The molecule has 1 aromatic rings. The van der Waals surface area contributed by atoms with E-state index in [1.54, 1.807) is 0 Å². The van der Waals surface area contributed by atoms with Gasteiger partial charge in [0, 0.05) is 42.6 Å². The molecule has 1 aromatic carbocycles. The first kappa shape index (κ1) is 16.0. The maximum atomic E-state index is 12.4. The van der Waals surface area contributed by atoms with E-state index >= 15 is 0 Å². The Morgan fingerprint density at radius 2 is 1.62 bits per heavy atom. The van der Waals surface area contributed by atoms with Crippen LogP contribution in [0.25, 0.3) is 0 Å². The minimum atomic E-state index is 0.0446. The van der Waals surface area contributed by atoms with Crippen molar-refractivity contribution in [2.24, 2.45) is 0 Å². The van der Waals surface area contributed by atoms with Crippen LogP contribution in [0.5, 0.6) is 0 Å². The SMILES string of the molecule is CCCCC(=O)N1CCN(C(=O)c2ccc(Br)cc2)CC1. The molecule has 5 heteroatoms. The molecule has 0 saturated carbocycles. The van der Waals surface area contributed by atoms with Crippen LogP contribution in [0.1, 0.15) is 36.5 Å². The molecule has 1 aliphatic rings. The molecule has 1 fully saturated rings. The molecule has 0 N–H and O–H groups in total. The lowest BCUT2D eigenvalue weighted by molar-refractivity contribution is -0.132. The number of carbonyl (C=O) groups is 2. The highest BCUT2D eigenvalue weighted by atomic mass is 79.9. The summed E-state index contributed by atoms with van der Waals surface area (Å²) in [6.07, 6.45) is 2.60. The Morgan fingerprint density at radius 3 is 2.19 bits per heavy atom. The van der Waals surface area contributed by atoms with Crippen LogP contribution in [0.3, 0.4) is 0 Å². The number of piperazine rings is 1. The highest BCUT2D eigenvalue weighted by molar-refractivity contribution is 9.10. The first-order valence-electron chi connectivity index (χ1n) is 7.44. The summed E-state index contributed by atoms with van der Waals surface area (Å²) in [6, 6.07) is 7.39. The fraction of sp³-hybridized carbons (Fsp3) is 0.500. The second-order valence-electron chi connectivity index (χ2n) is 5.28. The van der Waals surface area contributed by atoms with Crippen LogP contribution in [0.15, 0.2) is 28.7 Å². The zero-order chi connectivity index (χ0) is 15.2. The van der Waals surface area contributed by atoms with Crippen molar-refractivity contribution in [3.8, 4) is 0 Å². The summed E-state index contributed by atoms with van der Waals surface area (Å²) in [4.78, 5) is 28.0. The Kier molecular flexibility index (Phi) is 5.79. The number of halogens is 1. The van der Waals surface area contributed by atoms with Gasteiger partial charge in [0.2, 0.25) is 5.91 Å². The minimum absolute atomic E-state index is 0.0446. The molecule has 0 spiro atoms. The molecule has 2 amide bonds. The second kappa shape index (κ2) is 7.59.